The molecule has 2 N–H and O–H groups in total. The van der Waals surface area contributed by atoms with Crippen molar-refractivity contribution in [1.82, 2.24) is 15.3 Å². The van der Waals surface area contributed by atoms with Gasteiger partial charge in [0.25, 0.3) is 11.6 Å². The number of nitro groups is 1. The minimum Gasteiger partial charge on any atom is -0.372 e. The molecule has 1 heterocycles. The Balaban J connectivity index is 2.03. The van der Waals surface area contributed by atoms with Crippen molar-refractivity contribution in [3.63, 3.8) is 0 Å². The van der Waals surface area contributed by atoms with Crippen LogP contribution in [0.15, 0.2) is 36.7 Å². The van der Waals surface area contributed by atoms with Crippen molar-refractivity contribution in [1.29, 1.82) is 0 Å². The standard InChI is InChI=1S/C13H13N5O3/c1-14-12-8-15-7-11(17-12)13(19)16-6-9-3-2-4-10(5-9)18(20)21/h2-5,7-8H,6H2,1H3,(H,14,17)(H,16,19). The van der Waals surface area contributed by atoms with E-state index in [0.29, 0.717) is 11.4 Å². The van der Waals surface area contributed by atoms with Gasteiger partial charge in [-0.1, -0.05) is 12.1 Å². The first kappa shape index (κ1) is 14.4. The van der Waals surface area contributed by atoms with Crippen molar-refractivity contribution in [2.24, 2.45) is 0 Å². The number of non-ortho nitro benzene ring substituents is 1. The summed E-state index contributed by atoms with van der Waals surface area (Å²) in [4.78, 5) is 30.1. The van der Waals surface area contributed by atoms with Crippen LogP contribution in [0, 0.1) is 10.1 Å². The van der Waals surface area contributed by atoms with Crippen molar-refractivity contribution in [3.8, 4) is 0 Å². The smallest absolute Gasteiger partial charge is 0.271 e. The van der Waals surface area contributed by atoms with Gasteiger partial charge in [-0.3, -0.25) is 19.9 Å². The van der Waals surface area contributed by atoms with Crippen molar-refractivity contribution in [2.75, 3.05) is 12.4 Å². The first-order valence-electron chi connectivity index (χ1n) is 6.11. The highest BCUT2D eigenvalue weighted by atomic mass is 16.6. The molecule has 1 aromatic carbocycles. The highest BCUT2D eigenvalue weighted by molar-refractivity contribution is 5.92. The Morgan fingerprint density at radius 2 is 2.19 bits per heavy atom. The molecule has 0 aliphatic rings. The number of carbonyl (C=O) groups is 1. The molecule has 0 bridgehead atoms. The Morgan fingerprint density at radius 1 is 1.38 bits per heavy atom. The van der Waals surface area contributed by atoms with Crippen molar-refractivity contribution in [3.05, 3.63) is 58.0 Å². The summed E-state index contributed by atoms with van der Waals surface area (Å²) in [6, 6.07) is 6.08. The second-order valence-electron chi connectivity index (χ2n) is 4.15. The predicted octanol–water partition coefficient (Wildman–Crippen LogP) is 1.36. The van der Waals surface area contributed by atoms with Crippen molar-refractivity contribution >= 4 is 17.4 Å². The summed E-state index contributed by atoms with van der Waals surface area (Å²) < 4.78 is 0. The number of aromatic nitrogens is 2. The first-order chi connectivity index (χ1) is 10.1. The summed E-state index contributed by atoms with van der Waals surface area (Å²) in [6.45, 7) is 0.173. The van der Waals surface area contributed by atoms with Crippen LogP contribution >= 0.6 is 0 Å². The van der Waals surface area contributed by atoms with Gasteiger partial charge in [0.2, 0.25) is 0 Å². The predicted molar refractivity (Wildman–Crippen MR) is 75.8 cm³/mol. The number of hydrogen-bond acceptors (Lipinski definition) is 6. The molecule has 0 fully saturated rings. The Labute approximate surface area is 120 Å². The molecule has 0 saturated carbocycles. The number of hydrogen-bond donors (Lipinski definition) is 2. The van der Waals surface area contributed by atoms with Gasteiger partial charge in [0.05, 0.1) is 17.3 Å². The molecule has 0 unspecified atom stereocenters. The monoisotopic (exact) mass is 287 g/mol. The first-order valence-corrected chi connectivity index (χ1v) is 6.11. The maximum Gasteiger partial charge on any atom is 0.271 e. The molecule has 0 radical (unpaired) electrons. The van der Waals surface area contributed by atoms with Gasteiger partial charge in [0.1, 0.15) is 11.5 Å². The molecule has 2 aromatic rings. The summed E-state index contributed by atoms with van der Waals surface area (Å²) in [5.41, 5.74) is 0.793. The number of nitrogens with one attached hydrogen (secondary N) is 2. The number of nitro benzene ring substituents is 1. The molecule has 108 valence electrons. The minimum absolute atomic E-state index is 0.0151. The molecular formula is C13H13N5O3. The van der Waals surface area contributed by atoms with Gasteiger partial charge in [0, 0.05) is 25.7 Å². The lowest BCUT2D eigenvalue weighted by atomic mass is 10.2. The Hall–Kier alpha value is -3.03. The quantitative estimate of drug-likeness (QED) is 0.634. The normalized spacial score (nSPS) is 9.95. The van der Waals surface area contributed by atoms with E-state index in [1.165, 1.54) is 24.5 Å². The summed E-state index contributed by atoms with van der Waals surface area (Å²) in [5, 5.41) is 16.1. The van der Waals surface area contributed by atoms with E-state index in [2.05, 4.69) is 20.6 Å². The molecule has 0 aliphatic heterocycles. The second kappa shape index (κ2) is 6.42. The Morgan fingerprint density at radius 3 is 2.90 bits per heavy atom. The van der Waals surface area contributed by atoms with Gasteiger partial charge in [-0.05, 0) is 5.56 Å². The van der Waals surface area contributed by atoms with Crippen LogP contribution in [-0.4, -0.2) is 27.8 Å². The summed E-state index contributed by atoms with van der Waals surface area (Å²) >= 11 is 0. The second-order valence-corrected chi connectivity index (χ2v) is 4.15. The summed E-state index contributed by atoms with van der Waals surface area (Å²) in [5.74, 6) is 0.0871. The molecule has 1 aromatic heterocycles. The zero-order valence-corrected chi connectivity index (χ0v) is 11.2. The maximum atomic E-state index is 11.9. The molecule has 0 aliphatic carbocycles. The zero-order chi connectivity index (χ0) is 15.2. The molecule has 0 spiro atoms. The van der Waals surface area contributed by atoms with Crippen LogP contribution in [0.3, 0.4) is 0 Å². The van der Waals surface area contributed by atoms with Crippen LogP contribution in [0.4, 0.5) is 11.5 Å². The van der Waals surface area contributed by atoms with E-state index in [0.717, 1.165) is 0 Å². The van der Waals surface area contributed by atoms with Crippen molar-refractivity contribution < 1.29 is 9.72 Å². The average molecular weight is 287 g/mol. The highest BCUT2D eigenvalue weighted by Gasteiger charge is 2.10. The third-order valence-corrected chi connectivity index (χ3v) is 2.70. The van der Waals surface area contributed by atoms with Crippen LogP contribution < -0.4 is 10.6 Å². The fourth-order valence-corrected chi connectivity index (χ4v) is 1.65. The molecule has 0 atom stereocenters. The van der Waals surface area contributed by atoms with Crippen molar-refractivity contribution in [2.45, 2.75) is 6.54 Å². The van der Waals surface area contributed by atoms with Gasteiger partial charge < -0.3 is 10.6 Å². The number of amides is 1. The van der Waals surface area contributed by atoms with Gasteiger partial charge >= 0.3 is 0 Å². The molecule has 8 nitrogen and oxygen atoms in total. The van der Waals surface area contributed by atoms with E-state index in [-0.39, 0.29) is 17.9 Å². The van der Waals surface area contributed by atoms with Gasteiger partial charge in [-0.2, -0.15) is 0 Å². The zero-order valence-electron chi connectivity index (χ0n) is 11.2. The van der Waals surface area contributed by atoms with Crippen LogP contribution in [0.1, 0.15) is 16.1 Å². The van der Waals surface area contributed by atoms with Crippen LogP contribution in [0.2, 0.25) is 0 Å². The van der Waals surface area contributed by atoms with Gasteiger partial charge in [-0.25, -0.2) is 4.98 Å². The molecule has 0 saturated heterocycles. The van der Waals surface area contributed by atoms with E-state index < -0.39 is 10.8 Å². The topological polar surface area (TPSA) is 110 Å². The number of rotatable bonds is 5. The van der Waals surface area contributed by atoms with E-state index in [1.54, 1.807) is 19.2 Å². The van der Waals surface area contributed by atoms with E-state index in [1.807, 2.05) is 0 Å². The van der Waals surface area contributed by atoms with Crippen LogP contribution in [-0.2, 0) is 6.54 Å². The third kappa shape index (κ3) is 3.72. The molecular weight excluding hydrogens is 274 g/mol. The van der Waals surface area contributed by atoms with Crippen LogP contribution in [0.5, 0.6) is 0 Å². The Kier molecular flexibility index (Phi) is 4.39. The largest absolute Gasteiger partial charge is 0.372 e. The van der Waals surface area contributed by atoms with E-state index >= 15 is 0 Å². The molecule has 1 amide bonds. The maximum absolute atomic E-state index is 11.9. The summed E-state index contributed by atoms with van der Waals surface area (Å²) in [6.07, 6.45) is 2.85. The Bertz CT molecular complexity index is 674. The average Bonchev–Trinajstić information content (AvgIpc) is 2.53. The molecule has 2 rings (SSSR count). The SMILES string of the molecule is CNc1cncc(C(=O)NCc2cccc([N+](=O)[O-])c2)n1. The molecule has 21 heavy (non-hydrogen) atoms. The van der Waals surface area contributed by atoms with E-state index in [9.17, 15) is 14.9 Å². The lowest BCUT2D eigenvalue weighted by molar-refractivity contribution is -0.384. The lowest BCUT2D eigenvalue weighted by Gasteiger charge is -2.06. The molecule has 8 heteroatoms. The fraction of sp³-hybridized carbons (Fsp3) is 0.154. The van der Waals surface area contributed by atoms with Gasteiger partial charge in [0.15, 0.2) is 0 Å². The number of carbonyl (C=O) groups excluding carboxylic acids is 1. The minimum atomic E-state index is -0.479. The number of benzene rings is 1. The highest BCUT2D eigenvalue weighted by Crippen LogP contribution is 2.12. The fourth-order valence-electron chi connectivity index (χ4n) is 1.65. The van der Waals surface area contributed by atoms with Crippen LogP contribution in [0.25, 0.3) is 0 Å². The lowest BCUT2D eigenvalue weighted by Crippen LogP contribution is -2.24. The summed E-state index contributed by atoms with van der Waals surface area (Å²) in [7, 11) is 1.68. The van der Waals surface area contributed by atoms with Gasteiger partial charge in [-0.15, -0.1) is 0 Å². The van der Waals surface area contributed by atoms with E-state index in [4.69, 9.17) is 0 Å². The number of nitrogens with zero attached hydrogens (tertiary/aromatic N) is 3. The number of anilines is 1. The third-order valence-electron chi connectivity index (χ3n) is 2.70.